The third-order valence-electron chi connectivity index (χ3n) is 5.58. The Labute approximate surface area is 156 Å². The number of ether oxygens (including phenoxy) is 1. The molecule has 2 aliphatic rings. The van der Waals surface area contributed by atoms with Gasteiger partial charge in [-0.2, -0.15) is 0 Å². The molecule has 1 N–H and O–H groups in total. The van der Waals surface area contributed by atoms with E-state index >= 15 is 0 Å². The van der Waals surface area contributed by atoms with E-state index in [1.807, 2.05) is 32.9 Å². The smallest absolute Gasteiger partial charge is 0.225 e. The third kappa shape index (κ3) is 3.73. The predicted molar refractivity (Wildman–Crippen MR) is 100 cm³/mol. The van der Waals surface area contributed by atoms with Crippen LogP contribution in [0.1, 0.15) is 48.9 Å². The number of ketones is 2. The van der Waals surface area contributed by atoms with E-state index in [0.29, 0.717) is 26.2 Å². The zero-order valence-electron chi connectivity index (χ0n) is 15.8. The summed E-state index contributed by atoms with van der Waals surface area (Å²) in [5, 5.41) is 2.89. The number of aryl methyl sites for hydroxylation is 3. The zero-order valence-corrected chi connectivity index (χ0v) is 15.8. The molecule has 1 saturated carbocycles. The van der Waals surface area contributed by atoms with E-state index in [0.717, 1.165) is 28.7 Å². The van der Waals surface area contributed by atoms with Crippen LogP contribution in [0, 0.1) is 32.6 Å². The Kier molecular flexibility index (Phi) is 5.56. The van der Waals surface area contributed by atoms with Gasteiger partial charge in [0.15, 0.2) is 5.78 Å². The van der Waals surface area contributed by atoms with Crippen molar-refractivity contribution in [3.8, 4) is 0 Å². The van der Waals surface area contributed by atoms with Gasteiger partial charge in [0.25, 0.3) is 0 Å². The van der Waals surface area contributed by atoms with Crippen molar-refractivity contribution in [3.63, 3.8) is 0 Å². The van der Waals surface area contributed by atoms with Gasteiger partial charge >= 0.3 is 0 Å². The summed E-state index contributed by atoms with van der Waals surface area (Å²) in [4.78, 5) is 37.5. The van der Waals surface area contributed by atoms with Gasteiger partial charge in [0.2, 0.25) is 5.91 Å². The summed E-state index contributed by atoms with van der Waals surface area (Å²) in [6, 6.07) is 4.06. The molecule has 1 amide bonds. The average Bonchev–Trinajstić information content (AvgIpc) is 3.18. The molecule has 1 aromatic carbocycles. The van der Waals surface area contributed by atoms with E-state index in [-0.39, 0.29) is 37.2 Å². The number of carbonyl (C=O) groups is 3. The zero-order chi connectivity index (χ0) is 18.8. The second-order valence-corrected chi connectivity index (χ2v) is 7.66. The number of rotatable bonds is 5. The lowest BCUT2D eigenvalue weighted by molar-refractivity contribution is -0.126. The van der Waals surface area contributed by atoms with Gasteiger partial charge in [-0.3, -0.25) is 14.4 Å². The van der Waals surface area contributed by atoms with Gasteiger partial charge < -0.3 is 10.1 Å². The number of benzene rings is 1. The molecule has 26 heavy (non-hydrogen) atoms. The van der Waals surface area contributed by atoms with E-state index in [4.69, 9.17) is 4.74 Å². The summed E-state index contributed by atoms with van der Waals surface area (Å²) < 4.78 is 5.22. The average molecular weight is 359 g/mol. The molecule has 142 valence electrons. The van der Waals surface area contributed by atoms with E-state index in [9.17, 15) is 14.4 Å². The summed E-state index contributed by atoms with van der Waals surface area (Å²) in [7, 11) is 0. The number of amides is 1. The lowest BCUT2D eigenvalue weighted by atomic mass is 9.86. The van der Waals surface area contributed by atoms with Crippen LogP contribution in [0.5, 0.6) is 0 Å². The van der Waals surface area contributed by atoms with Crippen LogP contribution in [0.25, 0.3) is 0 Å². The maximum atomic E-state index is 12.9. The molecule has 1 aliphatic heterocycles. The Balaban J connectivity index is 0.00000261. The van der Waals surface area contributed by atoms with E-state index in [2.05, 4.69) is 5.32 Å². The maximum Gasteiger partial charge on any atom is 0.225 e. The molecule has 0 bridgehead atoms. The van der Waals surface area contributed by atoms with Crippen molar-refractivity contribution in [2.45, 2.75) is 46.0 Å². The molecule has 5 nitrogen and oxygen atoms in total. The number of hydrogen-bond donors (Lipinski definition) is 1. The van der Waals surface area contributed by atoms with Gasteiger partial charge in [0, 0.05) is 26.9 Å². The molecular weight excluding hydrogens is 330 g/mol. The highest BCUT2D eigenvalue weighted by Crippen LogP contribution is 2.37. The second kappa shape index (κ2) is 7.70. The van der Waals surface area contributed by atoms with E-state index in [1.54, 1.807) is 0 Å². The molecule has 3 unspecified atom stereocenters. The van der Waals surface area contributed by atoms with E-state index < -0.39 is 5.92 Å². The Morgan fingerprint density at radius 2 is 1.92 bits per heavy atom. The summed E-state index contributed by atoms with van der Waals surface area (Å²) in [6.45, 7) is 7.48. The van der Waals surface area contributed by atoms with Crippen molar-refractivity contribution in [2.24, 2.45) is 11.8 Å². The standard InChI is InChI=1S/C21H27NO4.H2/c1-12-8-13(2)18(14(3)9-12)19-17(23)10-15(20(19)24)4-6-22-21(25)16-5-7-26-11-16;/h8-9,15-16,19H,4-7,10-11H2,1-3H3,(H,22,25);1H. The minimum absolute atomic E-state index is 0. The lowest BCUT2D eigenvalue weighted by Crippen LogP contribution is -2.33. The molecule has 0 spiro atoms. The third-order valence-corrected chi connectivity index (χ3v) is 5.58. The minimum atomic E-state index is -0.639. The van der Waals surface area contributed by atoms with E-state index in [1.165, 1.54) is 0 Å². The van der Waals surface area contributed by atoms with Gasteiger partial charge in [-0.25, -0.2) is 0 Å². The maximum absolute atomic E-state index is 12.9. The van der Waals surface area contributed by atoms with Crippen LogP contribution in [0.3, 0.4) is 0 Å². The first kappa shape index (κ1) is 18.8. The largest absolute Gasteiger partial charge is 0.381 e. The van der Waals surface area contributed by atoms with Crippen molar-refractivity contribution in [1.82, 2.24) is 5.32 Å². The van der Waals surface area contributed by atoms with Crippen molar-refractivity contribution in [3.05, 3.63) is 34.4 Å². The first-order chi connectivity index (χ1) is 12.4. The molecular formula is C21H29NO4. The summed E-state index contributed by atoms with van der Waals surface area (Å²) in [5.74, 6) is -1.02. The minimum Gasteiger partial charge on any atom is -0.381 e. The SMILES string of the molecule is Cc1cc(C)c(C2C(=O)CC(CCNC(=O)C3CCOC3)C2=O)c(C)c1.[HH]. The molecule has 1 heterocycles. The normalized spacial score (nSPS) is 25.7. The molecule has 0 radical (unpaired) electrons. The molecule has 3 rings (SSSR count). The number of Topliss-reactive ketones (excluding diaryl/α,β-unsaturated/α-hetero) is 2. The Bertz CT molecular complexity index is 717. The first-order valence-electron chi connectivity index (χ1n) is 9.38. The Hall–Kier alpha value is -2.01. The topological polar surface area (TPSA) is 72.5 Å². The van der Waals surface area contributed by atoms with Crippen LogP contribution in [0.4, 0.5) is 0 Å². The van der Waals surface area contributed by atoms with Crippen LogP contribution in [-0.2, 0) is 19.1 Å². The quantitative estimate of drug-likeness (QED) is 0.821. The molecule has 1 aromatic rings. The van der Waals surface area contributed by atoms with Crippen molar-refractivity contribution in [2.75, 3.05) is 19.8 Å². The molecule has 0 aromatic heterocycles. The van der Waals surface area contributed by atoms with Gasteiger partial charge in [-0.1, -0.05) is 17.7 Å². The molecule has 5 heteroatoms. The highest BCUT2D eigenvalue weighted by atomic mass is 16.5. The van der Waals surface area contributed by atoms with Crippen molar-refractivity contribution >= 4 is 17.5 Å². The van der Waals surface area contributed by atoms with Gasteiger partial charge in [0.1, 0.15) is 11.7 Å². The molecule has 1 saturated heterocycles. The fourth-order valence-electron chi connectivity index (χ4n) is 4.30. The van der Waals surface area contributed by atoms with Crippen LogP contribution in [0.2, 0.25) is 0 Å². The van der Waals surface area contributed by atoms with Gasteiger partial charge in [-0.05, 0) is 50.3 Å². The Morgan fingerprint density at radius 1 is 1.23 bits per heavy atom. The van der Waals surface area contributed by atoms with Gasteiger partial charge in [-0.15, -0.1) is 0 Å². The lowest BCUT2D eigenvalue weighted by Gasteiger charge is -2.16. The molecule has 1 aliphatic carbocycles. The molecule has 2 fully saturated rings. The summed E-state index contributed by atoms with van der Waals surface area (Å²) in [5.41, 5.74) is 4.02. The predicted octanol–water partition coefficient (Wildman–Crippen LogP) is 2.64. The molecule has 3 atom stereocenters. The van der Waals surface area contributed by atoms with Crippen LogP contribution in [-0.4, -0.2) is 37.2 Å². The van der Waals surface area contributed by atoms with Crippen LogP contribution < -0.4 is 5.32 Å². The summed E-state index contributed by atoms with van der Waals surface area (Å²) >= 11 is 0. The fraction of sp³-hybridized carbons (Fsp3) is 0.571. The number of carbonyl (C=O) groups excluding carboxylic acids is 3. The van der Waals surface area contributed by atoms with Crippen LogP contribution in [0.15, 0.2) is 12.1 Å². The van der Waals surface area contributed by atoms with Crippen molar-refractivity contribution in [1.29, 1.82) is 0 Å². The monoisotopic (exact) mass is 359 g/mol. The number of nitrogens with one attached hydrogen (secondary N) is 1. The summed E-state index contributed by atoms with van der Waals surface area (Å²) in [6.07, 6.45) is 1.55. The van der Waals surface area contributed by atoms with Gasteiger partial charge in [0.05, 0.1) is 12.5 Å². The van der Waals surface area contributed by atoms with Crippen LogP contribution >= 0.6 is 0 Å². The fourth-order valence-corrected chi connectivity index (χ4v) is 4.30. The highest BCUT2D eigenvalue weighted by Gasteiger charge is 2.42. The second-order valence-electron chi connectivity index (χ2n) is 7.66. The Morgan fingerprint density at radius 3 is 2.54 bits per heavy atom. The first-order valence-corrected chi connectivity index (χ1v) is 9.38. The number of hydrogen-bond acceptors (Lipinski definition) is 4. The van der Waals surface area contributed by atoms with Crippen molar-refractivity contribution < 1.29 is 20.5 Å². The highest BCUT2D eigenvalue weighted by molar-refractivity contribution is 6.15.